The van der Waals surface area contributed by atoms with Crippen LogP contribution in [0.5, 0.6) is 11.5 Å². The summed E-state index contributed by atoms with van der Waals surface area (Å²) in [5.41, 5.74) is 5.03. The summed E-state index contributed by atoms with van der Waals surface area (Å²) in [6.07, 6.45) is 4.24. The third-order valence-corrected chi connectivity index (χ3v) is 3.86. The van der Waals surface area contributed by atoms with Crippen molar-refractivity contribution in [3.63, 3.8) is 0 Å². The van der Waals surface area contributed by atoms with Gasteiger partial charge in [0, 0.05) is 18.0 Å². The third kappa shape index (κ3) is 4.61. The monoisotopic (exact) mass is 376 g/mol. The number of benzene rings is 2. The Morgan fingerprint density at radius 3 is 2.43 bits per heavy atom. The minimum Gasteiger partial charge on any atom is -0.497 e. The predicted molar refractivity (Wildman–Crippen MR) is 110 cm³/mol. The van der Waals surface area contributed by atoms with Crippen molar-refractivity contribution in [2.24, 2.45) is 5.10 Å². The molecule has 0 saturated heterocycles. The summed E-state index contributed by atoms with van der Waals surface area (Å²) in [4.78, 5) is 8.40. The second-order valence-electron chi connectivity index (χ2n) is 5.63. The summed E-state index contributed by atoms with van der Waals surface area (Å²) < 4.78 is 10.4. The van der Waals surface area contributed by atoms with Gasteiger partial charge < -0.3 is 20.2 Å². The molecule has 1 heterocycles. The lowest BCUT2D eigenvalue weighted by Crippen LogP contribution is -2.05. The van der Waals surface area contributed by atoms with Crippen molar-refractivity contribution in [1.82, 2.24) is 9.97 Å². The average Bonchev–Trinajstić information content (AvgIpc) is 2.74. The van der Waals surface area contributed by atoms with E-state index in [2.05, 4.69) is 25.8 Å². The minimum absolute atomic E-state index is 0.417. The Labute approximate surface area is 162 Å². The highest BCUT2D eigenvalue weighted by atomic mass is 16.5. The number of methoxy groups -OCH3 is 2. The van der Waals surface area contributed by atoms with Crippen LogP contribution in [0.25, 0.3) is 0 Å². The van der Waals surface area contributed by atoms with Crippen LogP contribution >= 0.6 is 0 Å². The Morgan fingerprint density at radius 2 is 1.71 bits per heavy atom. The van der Waals surface area contributed by atoms with Gasteiger partial charge in [-0.15, -0.1) is 0 Å². The molecule has 0 saturated carbocycles. The maximum absolute atomic E-state index is 7.74. The molecule has 0 unspecified atom stereocenters. The molecular formula is C20H20N6O2. The number of nitrogens with one attached hydrogen (secondary N) is 3. The van der Waals surface area contributed by atoms with Crippen molar-refractivity contribution in [2.75, 3.05) is 25.0 Å². The first-order valence-electron chi connectivity index (χ1n) is 8.43. The number of nitrogens with zero attached hydrogens (tertiary/aromatic N) is 3. The van der Waals surface area contributed by atoms with Crippen LogP contribution in [0.1, 0.15) is 11.1 Å². The fraction of sp³-hybridized carbons (Fsp3) is 0.100. The van der Waals surface area contributed by atoms with Gasteiger partial charge in [0.05, 0.1) is 26.0 Å². The number of rotatable bonds is 8. The molecule has 0 aliphatic heterocycles. The van der Waals surface area contributed by atoms with Crippen molar-refractivity contribution in [3.8, 4) is 11.5 Å². The fourth-order valence-electron chi connectivity index (χ4n) is 2.42. The van der Waals surface area contributed by atoms with E-state index >= 15 is 0 Å². The zero-order chi connectivity index (χ0) is 19.8. The molecule has 1 aromatic heterocycles. The van der Waals surface area contributed by atoms with E-state index in [0.717, 1.165) is 22.7 Å². The highest BCUT2D eigenvalue weighted by Crippen LogP contribution is 2.24. The largest absolute Gasteiger partial charge is 0.497 e. The smallest absolute Gasteiger partial charge is 0.160 e. The molecule has 8 heteroatoms. The Morgan fingerprint density at radius 1 is 0.964 bits per heavy atom. The van der Waals surface area contributed by atoms with E-state index in [4.69, 9.17) is 14.9 Å². The van der Waals surface area contributed by atoms with Gasteiger partial charge in [-0.25, -0.2) is 9.97 Å². The van der Waals surface area contributed by atoms with Crippen LogP contribution in [0, 0.1) is 5.41 Å². The normalized spacial score (nSPS) is 10.5. The lowest BCUT2D eigenvalue weighted by molar-refractivity contribution is 0.414. The molecule has 0 aliphatic carbocycles. The highest BCUT2D eigenvalue weighted by molar-refractivity contribution is 5.92. The molecule has 0 bridgehead atoms. The molecular weight excluding hydrogens is 356 g/mol. The Bertz CT molecular complexity index is 973. The van der Waals surface area contributed by atoms with E-state index in [9.17, 15) is 0 Å². The van der Waals surface area contributed by atoms with Gasteiger partial charge in [0.2, 0.25) is 0 Å². The lowest BCUT2D eigenvalue weighted by atomic mass is 10.2. The molecule has 142 valence electrons. The van der Waals surface area contributed by atoms with Crippen LogP contribution in [-0.2, 0) is 0 Å². The molecule has 3 rings (SSSR count). The fourth-order valence-corrected chi connectivity index (χ4v) is 2.42. The summed E-state index contributed by atoms with van der Waals surface area (Å²) in [6, 6.07) is 14.9. The highest BCUT2D eigenvalue weighted by Gasteiger charge is 2.09. The SMILES string of the molecule is COc1ccc(/C=N/Nc2ncnc(Nc3cccc(OC)c3)c2C=N)cc1. The zero-order valence-electron chi connectivity index (χ0n) is 15.5. The van der Waals surface area contributed by atoms with Crippen LogP contribution in [0.3, 0.4) is 0 Å². The molecule has 28 heavy (non-hydrogen) atoms. The first-order chi connectivity index (χ1) is 13.7. The Balaban J connectivity index is 1.77. The Kier molecular flexibility index (Phi) is 6.14. The molecule has 0 atom stereocenters. The van der Waals surface area contributed by atoms with Gasteiger partial charge in [0.15, 0.2) is 5.82 Å². The molecule has 0 radical (unpaired) electrons. The quantitative estimate of drug-likeness (QED) is 0.409. The molecule has 3 N–H and O–H groups in total. The number of aromatic nitrogens is 2. The molecule has 2 aromatic carbocycles. The summed E-state index contributed by atoms with van der Waals surface area (Å²) in [6.45, 7) is 0. The van der Waals surface area contributed by atoms with E-state index in [-0.39, 0.29) is 0 Å². The van der Waals surface area contributed by atoms with Gasteiger partial charge in [0.1, 0.15) is 23.6 Å². The topological polar surface area (TPSA) is 105 Å². The van der Waals surface area contributed by atoms with Crippen molar-refractivity contribution in [2.45, 2.75) is 0 Å². The summed E-state index contributed by atoms with van der Waals surface area (Å²) >= 11 is 0. The second-order valence-corrected chi connectivity index (χ2v) is 5.63. The van der Waals surface area contributed by atoms with Crippen molar-refractivity contribution >= 4 is 29.8 Å². The molecule has 8 nitrogen and oxygen atoms in total. The number of hydrogen-bond donors (Lipinski definition) is 3. The van der Waals surface area contributed by atoms with Crippen molar-refractivity contribution < 1.29 is 9.47 Å². The average molecular weight is 376 g/mol. The van der Waals surface area contributed by atoms with Crippen LogP contribution in [0.15, 0.2) is 60.0 Å². The zero-order valence-corrected chi connectivity index (χ0v) is 15.5. The van der Waals surface area contributed by atoms with E-state index in [1.54, 1.807) is 20.4 Å². The molecule has 0 aliphatic rings. The summed E-state index contributed by atoms with van der Waals surface area (Å²) in [7, 11) is 3.23. The van der Waals surface area contributed by atoms with E-state index in [1.807, 2.05) is 48.5 Å². The number of hydrogen-bond acceptors (Lipinski definition) is 8. The molecule has 3 aromatic rings. The van der Waals surface area contributed by atoms with Gasteiger partial charge in [-0.05, 0) is 42.0 Å². The first-order valence-corrected chi connectivity index (χ1v) is 8.43. The standard InChI is InChI=1S/C20H20N6O2/c1-27-16-8-6-14(7-9-16)12-24-26-20-18(11-21)19(22-13-23-20)25-15-4-3-5-17(10-15)28-2/h3-13,21H,1-2H3,(H2,22,23,25,26)/b21-11?,24-12+. The predicted octanol–water partition coefficient (Wildman–Crippen LogP) is 3.68. The minimum atomic E-state index is 0.417. The van der Waals surface area contributed by atoms with Crippen LogP contribution in [-0.4, -0.2) is 36.6 Å². The van der Waals surface area contributed by atoms with E-state index < -0.39 is 0 Å². The van der Waals surface area contributed by atoms with Gasteiger partial charge in [0.25, 0.3) is 0 Å². The van der Waals surface area contributed by atoms with Crippen molar-refractivity contribution in [1.29, 1.82) is 5.41 Å². The first kappa shape index (κ1) is 18.8. The van der Waals surface area contributed by atoms with Crippen LogP contribution in [0.2, 0.25) is 0 Å². The van der Waals surface area contributed by atoms with E-state index in [1.165, 1.54) is 12.5 Å². The summed E-state index contributed by atoms with van der Waals surface area (Å²) in [5.74, 6) is 2.40. The Hall–Kier alpha value is -3.94. The van der Waals surface area contributed by atoms with Crippen LogP contribution < -0.4 is 20.2 Å². The number of anilines is 3. The van der Waals surface area contributed by atoms with Gasteiger partial charge in [-0.2, -0.15) is 5.10 Å². The second kappa shape index (κ2) is 9.13. The molecule has 0 amide bonds. The van der Waals surface area contributed by atoms with Crippen molar-refractivity contribution in [3.05, 3.63) is 66.0 Å². The lowest BCUT2D eigenvalue weighted by Gasteiger charge is -2.11. The maximum atomic E-state index is 7.74. The maximum Gasteiger partial charge on any atom is 0.160 e. The number of ether oxygens (including phenoxy) is 2. The molecule has 0 spiro atoms. The van der Waals surface area contributed by atoms with Gasteiger partial charge >= 0.3 is 0 Å². The summed E-state index contributed by atoms with van der Waals surface area (Å²) in [5, 5.41) is 15.1. The van der Waals surface area contributed by atoms with Gasteiger partial charge in [-0.3, -0.25) is 5.43 Å². The third-order valence-electron chi connectivity index (χ3n) is 3.86. The number of hydrazone groups is 1. The van der Waals surface area contributed by atoms with Gasteiger partial charge in [-0.1, -0.05) is 6.07 Å². The van der Waals surface area contributed by atoms with Crippen LogP contribution in [0.4, 0.5) is 17.3 Å². The van der Waals surface area contributed by atoms with E-state index in [0.29, 0.717) is 17.2 Å². The molecule has 0 fully saturated rings.